The monoisotopic (exact) mass is 334 g/mol. The summed E-state index contributed by atoms with van der Waals surface area (Å²) in [6, 6.07) is 14.2. The highest BCUT2D eigenvalue weighted by atomic mass is 19.4. The van der Waals surface area contributed by atoms with Crippen molar-refractivity contribution >= 4 is 23.2 Å². The first kappa shape index (κ1) is 16.4. The molecule has 2 aromatic rings. The first-order chi connectivity index (χ1) is 11.5. The van der Waals surface area contributed by atoms with Crippen LogP contribution in [0, 0.1) is 0 Å². The van der Waals surface area contributed by atoms with E-state index in [1.54, 1.807) is 36.4 Å². The SMILES string of the molecule is NCCCN1c2ccccc2C=C(OC(F)(F)F)c2ccccc21. The van der Waals surface area contributed by atoms with Gasteiger partial charge >= 0.3 is 6.36 Å². The van der Waals surface area contributed by atoms with Gasteiger partial charge in [-0.25, -0.2) is 0 Å². The first-order valence-corrected chi connectivity index (χ1v) is 7.63. The lowest BCUT2D eigenvalue weighted by molar-refractivity contribution is -0.290. The molecule has 1 aliphatic heterocycles. The fourth-order valence-corrected chi connectivity index (χ4v) is 2.82. The number of fused-ring (bicyclic) bond motifs is 2. The fourth-order valence-electron chi connectivity index (χ4n) is 2.82. The highest BCUT2D eigenvalue weighted by molar-refractivity contribution is 5.92. The Labute approximate surface area is 138 Å². The van der Waals surface area contributed by atoms with Crippen LogP contribution in [0.3, 0.4) is 0 Å². The molecule has 2 N–H and O–H groups in total. The molecule has 1 heterocycles. The van der Waals surface area contributed by atoms with Crippen LogP contribution in [0.25, 0.3) is 11.8 Å². The van der Waals surface area contributed by atoms with E-state index in [1.165, 1.54) is 6.08 Å². The third-order valence-corrected chi connectivity index (χ3v) is 3.79. The summed E-state index contributed by atoms with van der Waals surface area (Å²) in [5.74, 6) is -0.208. The second-order valence-corrected chi connectivity index (χ2v) is 5.43. The maximum atomic E-state index is 12.8. The van der Waals surface area contributed by atoms with Crippen molar-refractivity contribution in [2.75, 3.05) is 18.0 Å². The Morgan fingerprint density at radius 3 is 2.33 bits per heavy atom. The Kier molecular flexibility index (Phi) is 4.49. The minimum Gasteiger partial charge on any atom is -0.405 e. The molecule has 0 saturated heterocycles. The standard InChI is InChI=1S/C18H17F3N2O/c19-18(20,21)24-17-12-13-6-1-3-8-15(13)23(11-5-10-22)16-9-4-2-7-14(16)17/h1-4,6-9,12H,5,10-11,22H2. The molecule has 3 rings (SSSR count). The third kappa shape index (κ3) is 3.38. The van der Waals surface area contributed by atoms with Crippen molar-refractivity contribution in [2.45, 2.75) is 12.8 Å². The highest BCUT2D eigenvalue weighted by Crippen LogP contribution is 2.41. The number of para-hydroxylation sites is 2. The largest absolute Gasteiger partial charge is 0.573 e. The van der Waals surface area contributed by atoms with Crippen molar-refractivity contribution in [3.05, 3.63) is 59.7 Å². The van der Waals surface area contributed by atoms with E-state index in [9.17, 15) is 13.2 Å². The number of halogens is 3. The lowest BCUT2D eigenvalue weighted by Crippen LogP contribution is -2.22. The van der Waals surface area contributed by atoms with Gasteiger partial charge in [-0.2, -0.15) is 0 Å². The molecule has 2 aromatic carbocycles. The van der Waals surface area contributed by atoms with Gasteiger partial charge < -0.3 is 15.4 Å². The molecule has 0 saturated carbocycles. The molecule has 0 bridgehead atoms. The van der Waals surface area contributed by atoms with Crippen molar-refractivity contribution in [1.29, 1.82) is 0 Å². The Bertz CT molecular complexity index is 756. The van der Waals surface area contributed by atoms with Gasteiger partial charge in [0.05, 0.1) is 5.69 Å². The van der Waals surface area contributed by atoms with Crippen molar-refractivity contribution in [3.8, 4) is 0 Å². The lowest BCUT2D eigenvalue weighted by Gasteiger charge is -2.27. The van der Waals surface area contributed by atoms with Crippen LogP contribution in [0.5, 0.6) is 0 Å². The summed E-state index contributed by atoms with van der Waals surface area (Å²) in [5, 5.41) is 0. The number of hydrogen-bond donors (Lipinski definition) is 1. The van der Waals surface area contributed by atoms with E-state index >= 15 is 0 Å². The normalized spacial score (nSPS) is 13.7. The predicted molar refractivity (Wildman–Crippen MR) is 88.6 cm³/mol. The van der Waals surface area contributed by atoms with Gasteiger partial charge in [-0.05, 0) is 37.2 Å². The number of alkyl halides is 3. The summed E-state index contributed by atoms with van der Waals surface area (Å²) >= 11 is 0. The minimum atomic E-state index is -4.75. The molecule has 6 heteroatoms. The minimum absolute atomic E-state index is 0.208. The third-order valence-electron chi connectivity index (χ3n) is 3.79. The van der Waals surface area contributed by atoms with Crippen LogP contribution in [0.1, 0.15) is 17.5 Å². The van der Waals surface area contributed by atoms with Gasteiger partial charge in [0.2, 0.25) is 0 Å². The predicted octanol–water partition coefficient (Wildman–Crippen LogP) is 4.52. The number of nitrogens with two attached hydrogens (primary N) is 1. The van der Waals surface area contributed by atoms with Crippen LogP contribution < -0.4 is 10.6 Å². The Balaban J connectivity index is 2.17. The van der Waals surface area contributed by atoms with E-state index < -0.39 is 6.36 Å². The smallest absolute Gasteiger partial charge is 0.405 e. The zero-order valence-corrected chi connectivity index (χ0v) is 12.9. The Morgan fingerprint density at radius 1 is 0.958 bits per heavy atom. The van der Waals surface area contributed by atoms with Crippen LogP contribution >= 0.6 is 0 Å². The second kappa shape index (κ2) is 6.57. The topological polar surface area (TPSA) is 38.5 Å². The van der Waals surface area contributed by atoms with Crippen molar-refractivity contribution in [1.82, 2.24) is 0 Å². The van der Waals surface area contributed by atoms with E-state index in [4.69, 9.17) is 5.73 Å². The summed E-state index contributed by atoms with van der Waals surface area (Å²) in [7, 11) is 0. The zero-order chi connectivity index (χ0) is 17.2. The number of nitrogens with zero attached hydrogens (tertiary/aromatic N) is 1. The van der Waals surface area contributed by atoms with E-state index in [2.05, 4.69) is 4.74 Å². The molecular weight excluding hydrogens is 317 g/mol. The van der Waals surface area contributed by atoms with Crippen molar-refractivity contribution < 1.29 is 17.9 Å². The highest BCUT2D eigenvalue weighted by Gasteiger charge is 2.34. The van der Waals surface area contributed by atoms with Crippen LogP contribution in [0.4, 0.5) is 24.5 Å². The summed E-state index contributed by atoms with van der Waals surface area (Å²) in [6.07, 6.45) is -2.59. The van der Waals surface area contributed by atoms with Crippen LogP contribution in [0.2, 0.25) is 0 Å². The van der Waals surface area contributed by atoms with Crippen LogP contribution in [0.15, 0.2) is 48.5 Å². The average molecular weight is 334 g/mol. The molecule has 0 aromatic heterocycles. The van der Waals surface area contributed by atoms with Gasteiger partial charge in [-0.15, -0.1) is 13.2 Å². The van der Waals surface area contributed by atoms with Crippen LogP contribution in [-0.4, -0.2) is 19.5 Å². The van der Waals surface area contributed by atoms with E-state index in [0.717, 1.165) is 12.1 Å². The number of benzene rings is 2. The molecule has 3 nitrogen and oxygen atoms in total. The molecular formula is C18H17F3N2O. The van der Waals surface area contributed by atoms with Gasteiger partial charge in [0.25, 0.3) is 0 Å². The van der Waals surface area contributed by atoms with E-state index in [1.807, 2.05) is 17.0 Å². The van der Waals surface area contributed by atoms with Crippen LogP contribution in [-0.2, 0) is 4.74 Å². The molecule has 0 fully saturated rings. The maximum absolute atomic E-state index is 12.8. The summed E-state index contributed by atoms with van der Waals surface area (Å²) in [4.78, 5) is 1.99. The maximum Gasteiger partial charge on any atom is 0.573 e. The molecule has 126 valence electrons. The van der Waals surface area contributed by atoms with Gasteiger partial charge in [-0.1, -0.05) is 30.3 Å². The summed E-state index contributed by atoms with van der Waals surface area (Å²) < 4.78 is 42.9. The molecule has 0 radical (unpaired) electrons. The van der Waals surface area contributed by atoms with Gasteiger partial charge in [0.1, 0.15) is 5.76 Å². The molecule has 24 heavy (non-hydrogen) atoms. The van der Waals surface area contributed by atoms with Crippen molar-refractivity contribution in [3.63, 3.8) is 0 Å². The average Bonchev–Trinajstić information content (AvgIpc) is 2.67. The van der Waals surface area contributed by atoms with Crippen molar-refractivity contribution in [2.24, 2.45) is 5.73 Å². The first-order valence-electron chi connectivity index (χ1n) is 7.63. The fraction of sp³-hybridized carbons (Fsp3) is 0.222. The molecule has 0 spiro atoms. The van der Waals surface area contributed by atoms with Gasteiger partial charge in [0, 0.05) is 23.4 Å². The molecule has 0 amide bonds. The molecule has 0 atom stereocenters. The molecule has 0 unspecified atom stereocenters. The lowest BCUT2D eigenvalue weighted by atomic mass is 10.1. The number of ether oxygens (including phenoxy) is 1. The van der Waals surface area contributed by atoms with Gasteiger partial charge in [-0.3, -0.25) is 0 Å². The summed E-state index contributed by atoms with van der Waals surface area (Å²) in [5.41, 5.74) is 8.20. The second-order valence-electron chi connectivity index (χ2n) is 5.43. The number of hydrogen-bond acceptors (Lipinski definition) is 3. The Morgan fingerprint density at radius 2 is 1.62 bits per heavy atom. The van der Waals surface area contributed by atoms with Gasteiger partial charge in [0.15, 0.2) is 0 Å². The van der Waals surface area contributed by atoms with E-state index in [-0.39, 0.29) is 5.76 Å². The zero-order valence-electron chi connectivity index (χ0n) is 12.9. The molecule has 1 aliphatic rings. The quantitative estimate of drug-likeness (QED) is 0.893. The summed E-state index contributed by atoms with van der Waals surface area (Å²) in [6.45, 7) is 1.11. The van der Waals surface area contributed by atoms with E-state index in [0.29, 0.717) is 29.9 Å². The Hall–Kier alpha value is -2.47. The molecule has 0 aliphatic carbocycles. The number of anilines is 2. The number of rotatable bonds is 4.